The molecule has 0 atom stereocenters. The molecule has 0 unspecified atom stereocenters. The summed E-state index contributed by atoms with van der Waals surface area (Å²) in [5.74, 6) is 0.342. The number of hydrogen-bond acceptors (Lipinski definition) is 5. The third-order valence-electron chi connectivity index (χ3n) is 3.93. The number of benzene rings is 2. The van der Waals surface area contributed by atoms with Crippen molar-refractivity contribution in [2.45, 2.75) is 6.92 Å². The van der Waals surface area contributed by atoms with Crippen LogP contribution in [0.5, 0.6) is 5.75 Å². The molecule has 6 heteroatoms. The Labute approximate surface area is 156 Å². The molecule has 0 saturated heterocycles. The highest BCUT2D eigenvalue weighted by Crippen LogP contribution is 2.28. The first-order chi connectivity index (χ1) is 13.1. The van der Waals surface area contributed by atoms with Crippen LogP contribution in [-0.4, -0.2) is 19.6 Å². The Kier molecular flexibility index (Phi) is 5.56. The molecule has 27 heavy (non-hydrogen) atoms. The van der Waals surface area contributed by atoms with E-state index >= 15 is 0 Å². The summed E-state index contributed by atoms with van der Waals surface area (Å²) in [4.78, 5) is 24.5. The maximum atomic E-state index is 12.3. The minimum absolute atomic E-state index is 0.0811. The molecule has 138 valence electrons. The summed E-state index contributed by atoms with van der Waals surface area (Å²) in [5, 5.41) is 6.28. The molecule has 0 aliphatic heterocycles. The second kappa shape index (κ2) is 8.23. The largest absolute Gasteiger partial charge is 0.494 e. The van der Waals surface area contributed by atoms with Crippen LogP contribution in [0.3, 0.4) is 0 Å². The topological polar surface area (TPSA) is 80.6 Å². The molecule has 2 aromatic carbocycles. The molecule has 1 heterocycles. The molecule has 0 bridgehead atoms. The van der Waals surface area contributed by atoms with Crippen LogP contribution < -0.4 is 21.0 Å². The fourth-order valence-electron chi connectivity index (χ4n) is 2.70. The van der Waals surface area contributed by atoms with Crippen molar-refractivity contribution in [1.29, 1.82) is 0 Å². The lowest BCUT2D eigenvalue weighted by atomic mass is 10.2. The molecule has 2 N–H and O–H groups in total. The van der Waals surface area contributed by atoms with Crippen LogP contribution in [0.1, 0.15) is 12.5 Å². The number of rotatable bonds is 6. The lowest BCUT2D eigenvalue weighted by Gasteiger charge is -2.10. The molecule has 0 spiro atoms. The highest BCUT2D eigenvalue weighted by molar-refractivity contribution is 6.07. The van der Waals surface area contributed by atoms with Crippen molar-refractivity contribution in [2.24, 2.45) is 0 Å². The fourth-order valence-corrected chi connectivity index (χ4v) is 2.70. The molecule has 1 amide bonds. The normalized spacial score (nSPS) is 10.9. The van der Waals surface area contributed by atoms with E-state index in [-0.39, 0.29) is 5.69 Å². The van der Waals surface area contributed by atoms with E-state index in [1.165, 1.54) is 6.08 Å². The maximum absolute atomic E-state index is 12.3. The third kappa shape index (κ3) is 4.17. The summed E-state index contributed by atoms with van der Waals surface area (Å²) in [7, 11) is 1.69. The van der Waals surface area contributed by atoms with Gasteiger partial charge >= 0.3 is 5.63 Å². The Morgan fingerprint density at radius 1 is 1.11 bits per heavy atom. The van der Waals surface area contributed by atoms with Gasteiger partial charge in [0, 0.05) is 18.5 Å². The number of nitrogens with one attached hydrogen (secondary N) is 2. The first-order valence-electron chi connectivity index (χ1n) is 8.58. The molecule has 6 nitrogen and oxygen atoms in total. The summed E-state index contributed by atoms with van der Waals surface area (Å²) in [6.07, 6.45) is 3.02. The zero-order valence-corrected chi connectivity index (χ0v) is 15.1. The van der Waals surface area contributed by atoms with Crippen molar-refractivity contribution in [3.8, 4) is 5.75 Å². The van der Waals surface area contributed by atoms with E-state index in [9.17, 15) is 9.59 Å². The number of para-hydroxylation sites is 1. The Hall–Kier alpha value is -3.54. The van der Waals surface area contributed by atoms with Crippen LogP contribution in [0.4, 0.5) is 11.4 Å². The molecule has 3 rings (SSSR count). The Bertz CT molecular complexity index is 1040. The van der Waals surface area contributed by atoms with Crippen LogP contribution in [0.15, 0.2) is 63.8 Å². The van der Waals surface area contributed by atoms with Gasteiger partial charge in [0.05, 0.1) is 12.3 Å². The first-order valence-corrected chi connectivity index (χ1v) is 8.58. The number of anilines is 2. The van der Waals surface area contributed by atoms with E-state index in [1.54, 1.807) is 25.3 Å². The van der Waals surface area contributed by atoms with E-state index in [1.807, 2.05) is 43.3 Å². The highest BCUT2D eigenvalue weighted by Gasteiger charge is 2.14. The summed E-state index contributed by atoms with van der Waals surface area (Å²) in [5.41, 5.74) is 1.28. The van der Waals surface area contributed by atoms with Gasteiger partial charge in [-0.15, -0.1) is 0 Å². The number of hydrogen-bond donors (Lipinski definition) is 2. The SMILES string of the molecule is CCOc1ccc(C=CC(=O)Nc2c(NC)c3ccccc3oc2=O)cc1. The number of ether oxygens (including phenoxy) is 1. The van der Waals surface area contributed by atoms with Gasteiger partial charge in [-0.25, -0.2) is 4.79 Å². The second-order valence-electron chi connectivity index (χ2n) is 5.71. The molecule has 0 aliphatic rings. The quantitative estimate of drug-likeness (QED) is 0.512. The van der Waals surface area contributed by atoms with Gasteiger partial charge in [-0.3, -0.25) is 4.79 Å². The molecule has 0 saturated carbocycles. The van der Waals surface area contributed by atoms with Crippen molar-refractivity contribution in [1.82, 2.24) is 0 Å². The van der Waals surface area contributed by atoms with Crippen molar-refractivity contribution in [3.05, 3.63) is 70.6 Å². The van der Waals surface area contributed by atoms with E-state index < -0.39 is 11.5 Å². The van der Waals surface area contributed by atoms with Gasteiger partial charge in [-0.05, 0) is 42.8 Å². The molecule has 0 aliphatic carbocycles. The van der Waals surface area contributed by atoms with E-state index in [0.717, 1.165) is 11.3 Å². The van der Waals surface area contributed by atoms with Crippen LogP contribution in [0, 0.1) is 0 Å². The Balaban J connectivity index is 1.81. The summed E-state index contributed by atoms with van der Waals surface area (Å²) in [6.45, 7) is 2.51. The lowest BCUT2D eigenvalue weighted by Crippen LogP contribution is -2.17. The summed E-state index contributed by atoms with van der Waals surface area (Å²) in [6, 6.07) is 14.5. The predicted octanol–water partition coefficient (Wildman–Crippen LogP) is 3.89. The van der Waals surface area contributed by atoms with Gasteiger partial charge in [-0.2, -0.15) is 0 Å². The van der Waals surface area contributed by atoms with E-state index in [2.05, 4.69) is 10.6 Å². The Morgan fingerprint density at radius 2 is 1.85 bits per heavy atom. The highest BCUT2D eigenvalue weighted by atomic mass is 16.5. The minimum atomic E-state index is -0.610. The summed E-state index contributed by atoms with van der Waals surface area (Å²) >= 11 is 0. The smallest absolute Gasteiger partial charge is 0.362 e. The van der Waals surface area contributed by atoms with Gasteiger partial charge in [0.15, 0.2) is 5.69 Å². The van der Waals surface area contributed by atoms with Crippen molar-refractivity contribution < 1.29 is 13.9 Å². The molecule has 1 aromatic heterocycles. The second-order valence-corrected chi connectivity index (χ2v) is 5.71. The molecular weight excluding hydrogens is 344 g/mol. The third-order valence-corrected chi connectivity index (χ3v) is 3.93. The predicted molar refractivity (Wildman–Crippen MR) is 107 cm³/mol. The zero-order chi connectivity index (χ0) is 19.2. The van der Waals surface area contributed by atoms with Gasteiger partial charge in [0.1, 0.15) is 11.3 Å². The minimum Gasteiger partial charge on any atom is -0.494 e. The van der Waals surface area contributed by atoms with Gasteiger partial charge in [0.2, 0.25) is 5.91 Å². The average Bonchev–Trinajstić information content (AvgIpc) is 2.68. The fraction of sp³-hybridized carbons (Fsp3) is 0.143. The summed E-state index contributed by atoms with van der Waals surface area (Å²) < 4.78 is 10.7. The number of amides is 1. The number of fused-ring (bicyclic) bond motifs is 1. The van der Waals surface area contributed by atoms with Crippen LogP contribution in [0.2, 0.25) is 0 Å². The van der Waals surface area contributed by atoms with E-state index in [4.69, 9.17) is 9.15 Å². The van der Waals surface area contributed by atoms with E-state index in [0.29, 0.717) is 23.3 Å². The molecule has 3 aromatic rings. The molecule has 0 radical (unpaired) electrons. The van der Waals surface area contributed by atoms with Gasteiger partial charge in [0.25, 0.3) is 0 Å². The van der Waals surface area contributed by atoms with Crippen LogP contribution in [0.25, 0.3) is 17.0 Å². The maximum Gasteiger partial charge on any atom is 0.362 e. The van der Waals surface area contributed by atoms with Crippen LogP contribution in [-0.2, 0) is 4.79 Å². The average molecular weight is 364 g/mol. The number of carbonyl (C=O) groups excluding carboxylic acids is 1. The van der Waals surface area contributed by atoms with Crippen molar-refractivity contribution in [2.75, 3.05) is 24.3 Å². The monoisotopic (exact) mass is 364 g/mol. The van der Waals surface area contributed by atoms with Gasteiger partial charge in [-0.1, -0.05) is 24.3 Å². The first kappa shape index (κ1) is 18.3. The molecule has 0 fully saturated rings. The van der Waals surface area contributed by atoms with Gasteiger partial charge < -0.3 is 19.8 Å². The molecular formula is C21H20N2O4. The Morgan fingerprint density at radius 3 is 2.56 bits per heavy atom. The standard InChI is InChI=1S/C21H20N2O4/c1-3-26-15-11-8-14(9-12-15)10-13-18(24)23-20-19(22-2)16-6-4-5-7-17(16)27-21(20)25/h4-13,22H,3H2,1-2H3,(H,23,24). The van der Waals surface area contributed by atoms with Crippen molar-refractivity contribution >= 4 is 34.3 Å². The number of carbonyl (C=O) groups is 1. The lowest BCUT2D eigenvalue weighted by molar-refractivity contribution is -0.111. The van der Waals surface area contributed by atoms with Crippen molar-refractivity contribution in [3.63, 3.8) is 0 Å². The van der Waals surface area contributed by atoms with Crippen LogP contribution >= 0.6 is 0 Å². The zero-order valence-electron chi connectivity index (χ0n) is 15.1.